The van der Waals surface area contributed by atoms with Gasteiger partial charge in [-0.25, -0.2) is 13.5 Å². The average Bonchev–Trinajstić information content (AvgIpc) is 3.29. The Balaban J connectivity index is 1.22. The van der Waals surface area contributed by atoms with E-state index in [-0.39, 0.29) is 56.1 Å². The highest BCUT2D eigenvalue weighted by atomic mass is 35.5. The summed E-state index contributed by atoms with van der Waals surface area (Å²) in [7, 11) is 0. The molecule has 0 saturated carbocycles. The third kappa shape index (κ3) is 4.26. The van der Waals surface area contributed by atoms with Gasteiger partial charge >= 0.3 is 0 Å². The molecular weight excluding hydrogens is 468 g/mol. The van der Waals surface area contributed by atoms with E-state index in [9.17, 15) is 18.4 Å². The van der Waals surface area contributed by atoms with Crippen molar-refractivity contribution in [2.45, 2.75) is 19.3 Å². The number of carbonyl (C=O) groups excluding carboxylic acids is 2. The van der Waals surface area contributed by atoms with Crippen molar-refractivity contribution in [1.29, 1.82) is 0 Å². The summed E-state index contributed by atoms with van der Waals surface area (Å²) in [6, 6.07) is 10.4. The first-order valence-corrected chi connectivity index (χ1v) is 11.1. The Bertz CT molecular complexity index is 1240. The Morgan fingerprint density at radius 3 is 2.29 bits per heavy atom. The molecule has 1 saturated heterocycles. The lowest BCUT2D eigenvalue weighted by molar-refractivity contribution is -0.00202. The maximum Gasteiger partial charge on any atom is 0.276 e. The number of nitrogens with zero attached hydrogens (tertiary/aromatic N) is 5. The van der Waals surface area contributed by atoms with Crippen molar-refractivity contribution < 1.29 is 23.1 Å². The van der Waals surface area contributed by atoms with E-state index >= 15 is 0 Å². The molecule has 2 aliphatic rings. The molecule has 0 N–H and O–H groups in total. The number of hydrogen-bond acceptors (Lipinski definition) is 5. The summed E-state index contributed by atoms with van der Waals surface area (Å²) in [4.78, 5) is 28.8. The highest BCUT2D eigenvalue weighted by molar-refractivity contribution is 6.30. The number of piperazine rings is 1. The van der Waals surface area contributed by atoms with E-state index in [4.69, 9.17) is 16.3 Å². The number of halogens is 3. The standard InChI is InChI=1S/C23H20ClF2N5O3/c24-16-4-1-14(2-5-16)20-12-31-19(13-34-20)21(27-28-31)23(33)30-9-7-29(8-10-30)22(32)15-3-6-17(25)18(26)11-15/h1-6,11,20H,7-10,12-13H2/t20-/m0/s1. The summed E-state index contributed by atoms with van der Waals surface area (Å²) < 4.78 is 34.3. The molecule has 2 aliphatic heterocycles. The normalized spacial score (nSPS) is 18.0. The van der Waals surface area contributed by atoms with Crippen molar-refractivity contribution in [2.24, 2.45) is 0 Å². The van der Waals surface area contributed by atoms with E-state index in [2.05, 4.69) is 10.3 Å². The molecule has 2 amide bonds. The van der Waals surface area contributed by atoms with E-state index in [1.165, 1.54) is 11.0 Å². The van der Waals surface area contributed by atoms with Gasteiger partial charge in [-0.15, -0.1) is 5.10 Å². The van der Waals surface area contributed by atoms with Crippen LogP contribution in [0.25, 0.3) is 0 Å². The van der Waals surface area contributed by atoms with Gasteiger partial charge in [-0.05, 0) is 35.9 Å². The van der Waals surface area contributed by atoms with Gasteiger partial charge in [-0.3, -0.25) is 9.59 Å². The number of ether oxygens (including phenoxy) is 1. The van der Waals surface area contributed by atoms with Gasteiger partial charge in [0.05, 0.1) is 18.8 Å². The molecule has 0 unspecified atom stereocenters. The molecule has 1 fully saturated rings. The van der Waals surface area contributed by atoms with Gasteiger partial charge in [-0.1, -0.05) is 28.9 Å². The molecule has 176 valence electrons. The van der Waals surface area contributed by atoms with Crippen molar-refractivity contribution >= 4 is 23.4 Å². The van der Waals surface area contributed by atoms with Gasteiger partial charge < -0.3 is 14.5 Å². The van der Waals surface area contributed by atoms with Crippen molar-refractivity contribution in [3.05, 3.63) is 81.6 Å². The fourth-order valence-electron chi connectivity index (χ4n) is 4.13. The lowest BCUT2D eigenvalue weighted by atomic mass is 10.1. The molecule has 3 aromatic rings. The van der Waals surface area contributed by atoms with Crippen LogP contribution in [-0.2, 0) is 17.9 Å². The largest absolute Gasteiger partial charge is 0.365 e. The minimum atomic E-state index is -1.07. The topological polar surface area (TPSA) is 80.6 Å². The monoisotopic (exact) mass is 487 g/mol. The molecule has 11 heteroatoms. The number of hydrogen-bond donors (Lipinski definition) is 0. The molecule has 0 spiro atoms. The van der Waals surface area contributed by atoms with Gasteiger partial charge in [0.15, 0.2) is 17.3 Å². The summed E-state index contributed by atoms with van der Waals surface area (Å²) in [6.45, 7) is 1.72. The fourth-order valence-corrected chi connectivity index (χ4v) is 4.26. The Hall–Kier alpha value is -3.37. The molecule has 34 heavy (non-hydrogen) atoms. The zero-order chi connectivity index (χ0) is 23.8. The van der Waals surface area contributed by atoms with Crippen LogP contribution in [0.2, 0.25) is 5.02 Å². The van der Waals surface area contributed by atoms with Crippen LogP contribution in [0, 0.1) is 11.6 Å². The second kappa shape index (κ2) is 9.11. The summed E-state index contributed by atoms with van der Waals surface area (Å²) in [5.41, 5.74) is 1.86. The van der Waals surface area contributed by atoms with Crippen molar-refractivity contribution in [2.75, 3.05) is 26.2 Å². The van der Waals surface area contributed by atoms with E-state index in [0.717, 1.165) is 17.7 Å². The molecule has 2 aromatic carbocycles. The first-order valence-electron chi connectivity index (χ1n) is 10.7. The van der Waals surface area contributed by atoms with Crippen LogP contribution in [0.4, 0.5) is 8.78 Å². The molecule has 0 aliphatic carbocycles. The van der Waals surface area contributed by atoms with Crippen LogP contribution in [0.5, 0.6) is 0 Å². The third-order valence-electron chi connectivity index (χ3n) is 6.06. The van der Waals surface area contributed by atoms with E-state index < -0.39 is 17.5 Å². The summed E-state index contributed by atoms with van der Waals surface area (Å²) in [6.07, 6.45) is -0.222. The summed E-state index contributed by atoms with van der Waals surface area (Å²) in [5, 5.41) is 8.88. The van der Waals surface area contributed by atoms with E-state index in [1.807, 2.05) is 12.1 Å². The number of rotatable bonds is 3. The zero-order valence-electron chi connectivity index (χ0n) is 18.0. The fraction of sp³-hybridized carbons (Fsp3) is 0.304. The van der Waals surface area contributed by atoms with Crippen LogP contribution in [0.1, 0.15) is 38.2 Å². The second-order valence-electron chi connectivity index (χ2n) is 8.13. The number of aromatic nitrogens is 3. The number of fused-ring (bicyclic) bond motifs is 1. The van der Waals surface area contributed by atoms with Crippen molar-refractivity contribution in [1.82, 2.24) is 24.8 Å². The Morgan fingerprint density at radius 2 is 1.62 bits per heavy atom. The minimum absolute atomic E-state index is 0.0680. The average molecular weight is 488 g/mol. The summed E-state index contributed by atoms with van der Waals surface area (Å²) in [5.74, 6) is -2.77. The Kier molecular flexibility index (Phi) is 6.01. The molecule has 1 aromatic heterocycles. The molecule has 3 heterocycles. The molecule has 5 rings (SSSR count). The van der Waals surface area contributed by atoms with Gasteiger partial charge in [0.2, 0.25) is 0 Å². The van der Waals surface area contributed by atoms with E-state index in [1.54, 1.807) is 21.7 Å². The van der Waals surface area contributed by atoms with Crippen LogP contribution >= 0.6 is 11.6 Å². The number of benzene rings is 2. The van der Waals surface area contributed by atoms with Crippen LogP contribution in [-0.4, -0.2) is 62.8 Å². The lowest BCUT2D eigenvalue weighted by Gasteiger charge is -2.34. The Morgan fingerprint density at radius 1 is 0.941 bits per heavy atom. The SMILES string of the molecule is O=C(c1ccc(F)c(F)c1)N1CCN(C(=O)c2nnn3c2CO[C@H](c2ccc(Cl)cc2)C3)CC1. The quantitative estimate of drug-likeness (QED) is 0.567. The van der Waals surface area contributed by atoms with Gasteiger partial charge in [0.25, 0.3) is 11.8 Å². The van der Waals surface area contributed by atoms with Gasteiger partial charge in [0.1, 0.15) is 6.10 Å². The molecule has 1 atom stereocenters. The van der Waals surface area contributed by atoms with E-state index in [0.29, 0.717) is 17.3 Å². The second-order valence-corrected chi connectivity index (χ2v) is 8.57. The first-order chi connectivity index (χ1) is 16.4. The highest BCUT2D eigenvalue weighted by Gasteiger charge is 2.32. The maximum atomic E-state index is 13.5. The van der Waals surface area contributed by atoms with Crippen LogP contribution in [0.15, 0.2) is 42.5 Å². The number of amides is 2. The first kappa shape index (κ1) is 22.4. The lowest BCUT2D eigenvalue weighted by Crippen LogP contribution is -2.50. The molecule has 0 bridgehead atoms. The highest BCUT2D eigenvalue weighted by Crippen LogP contribution is 2.28. The van der Waals surface area contributed by atoms with Crippen LogP contribution < -0.4 is 0 Å². The minimum Gasteiger partial charge on any atom is -0.365 e. The van der Waals surface area contributed by atoms with Crippen LogP contribution in [0.3, 0.4) is 0 Å². The predicted molar refractivity (Wildman–Crippen MR) is 117 cm³/mol. The molecule has 8 nitrogen and oxygen atoms in total. The third-order valence-corrected chi connectivity index (χ3v) is 6.31. The van der Waals surface area contributed by atoms with Gasteiger partial charge in [-0.2, -0.15) is 0 Å². The summed E-state index contributed by atoms with van der Waals surface area (Å²) >= 11 is 5.95. The Labute approximate surface area is 198 Å². The van der Waals surface area contributed by atoms with Crippen molar-refractivity contribution in [3.63, 3.8) is 0 Å². The smallest absolute Gasteiger partial charge is 0.276 e. The maximum absolute atomic E-state index is 13.5. The zero-order valence-corrected chi connectivity index (χ0v) is 18.7. The molecule has 0 radical (unpaired) electrons. The molecular formula is C23H20ClF2N5O3. The predicted octanol–water partition coefficient (Wildman–Crippen LogP) is 3.08. The van der Waals surface area contributed by atoms with Crippen molar-refractivity contribution in [3.8, 4) is 0 Å². The number of carbonyl (C=O) groups is 2. The van der Waals surface area contributed by atoms with Gasteiger partial charge in [0, 0.05) is 36.8 Å².